The predicted octanol–water partition coefficient (Wildman–Crippen LogP) is 1.72. The van der Waals surface area contributed by atoms with E-state index in [-0.39, 0.29) is 10.7 Å². The van der Waals surface area contributed by atoms with Gasteiger partial charge in [-0.3, -0.25) is 14.9 Å². The number of amides is 2. The van der Waals surface area contributed by atoms with E-state index in [0.717, 1.165) is 11.8 Å². The highest BCUT2D eigenvalue weighted by atomic mass is 32.2. The van der Waals surface area contributed by atoms with Gasteiger partial charge >= 0.3 is 0 Å². The van der Waals surface area contributed by atoms with Crippen LogP contribution in [0.25, 0.3) is 6.08 Å². The number of rotatable bonds is 2. The summed E-state index contributed by atoms with van der Waals surface area (Å²) >= 11 is 0.806. The summed E-state index contributed by atoms with van der Waals surface area (Å²) < 4.78 is 4.94. The number of nitrogens with one attached hydrogen (secondary N) is 1. The molecule has 1 fully saturated rings. The monoisotopic (exact) mass is 251 g/mol. The first-order chi connectivity index (χ1) is 8.10. The summed E-state index contributed by atoms with van der Waals surface area (Å²) in [6.45, 7) is 0. The lowest BCUT2D eigenvalue weighted by molar-refractivity contribution is -0.115. The fourth-order valence-electron chi connectivity index (χ4n) is 1.33. The van der Waals surface area contributed by atoms with Crippen LogP contribution < -0.4 is 10.1 Å². The van der Waals surface area contributed by atoms with Gasteiger partial charge < -0.3 is 9.84 Å². The van der Waals surface area contributed by atoms with Crippen molar-refractivity contribution in [1.82, 2.24) is 5.32 Å². The van der Waals surface area contributed by atoms with Gasteiger partial charge in [0.2, 0.25) is 0 Å². The molecule has 1 saturated heterocycles. The Balaban J connectivity index is 2.33. The average Bonchev–Trinajstić information content (AvgIpc) is 2.60. The normalized spacial score (nSPS) is 17.4. The van der Waals surface area contributed by atoms with E-state index in [9.17, 15) is 14.7 Å². The van der Waals surface area contributed by atoms with Crippen LogP contribution in [0.3, 0.4) is 0 Å². The second-order valence-electron chi connectivity index (χ2n) is 3.28. The fourth-order valence-corrected chi connectivity index (χ4v) is 2.01. The number of benzene rings is 1. The van der Waals surface area contributed by atoms with E-state index in [0.29, 0.717) is 11.3 Å². The first-order valence-corrected chi connectivity index (χ1v) is 5.53. The molecule has 1 aliphatic rings. The number of imide groups is 1. The number of aromatic hydroxyl groups is 1. The topological polar surface area (TPSA) is 75.6 Å². The van der Waals surface area contributed by atoms with Crippen LogP contribution >= 0.6 is 11.8 Å². The highest BCUT2D eigenvalue weighted by molar-refractivity contribution is 8.18. The molecule has 0 spiro atoms. The van der Waals surface area contributed by atoms with Crippen molar-refractivity contribution in [2.75, 3.05) is 7.11 Å². The number of phenols is 1. The second kappa shape index (κ2) is 4.50. The minimum Gasteiger partial charge on any atom is -0.507 e. The van der Waals surface area contributed by atoms with Crippen LogP contribution in [-0.2, 0) is 4.79 Å². The number of ether oxygens (including phenoxy) is 1. The summed E-state index contributed by atoms with van der Waals surface area (Å²) in [7, 11) is 1.49. The van der Waals surface area contributed by atoms with Gasteiger partial charge in [-0.25, -0.2) is 0 Å². The van der Waals surface area contributed by atoms with Crippen LogP contribution in [0.1, 0.15) is 5.56 Å². The van der Waals surface area contributed by atoms with Crippen molar-refractivity contribution in [2.45, 2.75) is 0 Å². The van der Waals surface area contributed by atoms with E-state index >= 15 is 0 Å². The van der Waals surface area contributed by atoms with Gasteiger partial charge in [0, 0.05) is 11.6 Å². The van der Waals surface area contributed by atoms with Crippen molar-refractivity contribution in [3.05, 3.63) is 28.7 Å². The summed E-state index contributed by atoms with van der Waals surface area (Å²) in [5.41, 5.74) is 0.457. The zero-order valence-electron chi connectivity index (χ0n) is 8.89. The number of methoxy groups -OCH3 is 1. The number of hydrogen-bond acceptors (Lipinski definition) is 5. The van der Waals surface area contributed by atoms with Crippen molar-refractivity contribution in [3.63, 3.8) is 0 Å². The van der Waals surface area contributed by atoms with Gasteiger partial charge in [-0.15, -0.1) is 0 Å². The van der Waals surface area contributed by atoms with E-state index in [1.807, 2.05) is 0 Å². The molecule has 0 aromatic heterocycles. The van der Waals surface area contributed by atoms with Gasteiger partial charge in [-0.05, 0) is 30.0 Å². The third kappa shape index (κ3) is 2.42. The lowest BCUT2D eigenvalue weighted by Gasteiger charge is -2.03. The van der Waals surface area contributed by atoms with Gasteiger partial charge in [0.25, 0.3) is 11.1 Å². The van der Waals surface area contributed by atoms with E-state index in [1.165, 1.54) is 19.3 Å². The van der Waals surface area contributed by atoms with E-state index in [2.05, 4.69) is 5.32 Å². The van der Waals surface area contributed by atoms with E-state index in [1.54, 1.807) is 12.1 Å². The molecule has 1 aromatic carbocycles. The van der Waals surface area contributed by atoms with Crippen molar-refractivity contribution >= 4 is 29.0 Å². The molecule has 1 aromatic rings. The van der Waals surface area contributed by atoms with Crippen molar-refractivity contribution in [3.8, 4) is 11.5 Å². The Morgan fingerprint density at radius 1 is 1.41 bits per heavy atom. The number of hydrogen-bond donors (Lipinski definition) is 2. The molecule has 88 valence electrons. The zero-order valence-corrected chi connectivity index (χ0v) is 9.71. The Labute approximate surface area is 101 Å². The molecule has 1 heterocycles. The summed E-state index contributed by atoms with van der Waals surface area (Å²) in [5.74, 6) is 0.0593. The number of carbonyl (C=O) groups excluding carboxylic acids is 2. The highest BCUT2D eigenvalue weighted by Gasteiger charge is 2.25. The predicted molar refractivity (Wildman–Crippen MR) is 63.8 cm³/mol. The molecule has 0 aliphatic carbocycles. The minimum atomic E-state index is -0.449. The molecule has 0 saturated carbocycles. The Morgan fingerprint density at radius 2 is 2.18 bits per heavy atom. The van der Waals surface area contributed by atoms with Crippen LogP contribution in [0.5, 0.6) is 11.5 Å². The van der Waals surface area contributed by atoms with Gasteiger partial charge in [0.15, 0.2) is 0 Å². The maximum atomic E-state index is 11.3. The zero-order chi connectivity index (χ0) is 12.4. The standard InChI is InChI=1S/C11H9NO4S/c1-16-7-3-2-6(8(13)5-7)4-9-10(14)12-11(15)17-9/h2-5,13H,1H3,(H,12,14,15). The molecule has 1 aliphatic heterocycles. The molecule has 0 radical (unpaired) electrons. The lowest BCUT2D eigenvalue weighted by atomic mass is 10.1. The van der Waals surface area contributed by atoms with Crippen molar-refractivity contribution in [2.24, 2.45) is 0 Å². The third-order valence-electron chi connectivity index (χ3n) is 2.17. The summed E-state index contributed by atoms with van der Waals surface area (Å²) in [6.07, 6.45) is 1.46. The molecular formula is C11H9NO4S. The third-order valence-corrected chi connectivity index (χ3v) is 2.98. The van der Waals surface area contributed by atoms with Crippen LogP contribution in [-0.4, -0.2) is 23.4 Å². The Kier molecular flexibility index (Phi) is 3.06. The average molecular weight is 251 g/mol. The van der Waals surface area contributed by atoms with Crippen molar-refractivity contribution in [1.29, 1.82) is 0 Å². The Hall–Kier alpha value is -1.95. The number of thioether (sulfide) groups is 1. The number of carbonyl (C=O) groups is 2. The summed E-state index contributed by atoms with van der Waals surface area (Å²) in [6, 6.07) is 4.70. The van der Waals surface area contributed by atoms with Crippen LogP contribution in [0.15, 0.2) is 23.1 Å². The van der Waals surface area contributed by atoms with Crippen LogP contribution in [0, 0.1) is 0 Å². The summed E-state index contributed by atoms with van der Waals surface area (Å²) in [5, 5.41) is 11.4. The van der Waals surface area contributed by atoms with Crippen LogP contribution in [0.4, 0.5) is 4.79 Å². The molecule has 6 heteroatoms. The molecule has 2 amide bonds. The molecular weight excluding hydrogens is 242 g/mol. The molecule has 2 rings (SSSR count). The van der Waals surface area contributed by atoms with Gasteiger partial charge in [-0.2, -0.15) is 0 Å². The Bertz CT molecular complexity index is 524. The first kappa shape index (κ1) is 11.5. The SMILES string of the molecule is COc1ccc(C=C2SC(=O)NC2=O)c(O)c1. The molecule has 17 heavy (non-hydrogen) atoms. The van der Waals surface area contributed by atoms with Crippen molar-refractivity contribution < 1.29 is 19.4 Å². The molecule has 0 bridgehead atoms. The molecule has 2 N–H and O–H groups in total. The second-order valence-corrected chi connectivity index (χ2v) is 4.29. The molecule has 0 unspecified atom stereocenters. The minimum absolute atomic E-state index is 0.00963. The largest absolute Gasteiger partial charge is 0.507 e. The van der Waals surface area contributed by atoms with E-state index in [4.69, 9.17) is 4.74 Å². The fraction of sp³-hybridized carbons (Fsp3) is 0.0909. The molecule has 5 nitrogen and oxygen atoms in total. The maximum Gasteiger partial charge on any atom is 0.290 e. The van der Waals surface area contributed by atoms with Gasteiger partial charge in [0.05, 0.1) is 12.0 Å². The highest BCUT2D eigenvalue weighted by Crippen LogP contribution is 2.30. The Morgan fingerprint density at radius 3 is 2.71 bits per heavy atom. The molecule has 0 atom stereocenters. The first-order valence-electron chi connectivity index (χ1n) is 4.72. The maximum absolute atomic E-state index is 11.3. The smallest absolute Gasteiger partial charge is 0.290 e. The van der Waals surface area contributed by atoms with Crippen LogP contribution in [0.2, 0.25) is 0 Å². The quantitative estimate of drug-likeness (QED) is 0.783. The van der Waals surface area contributed by atoms with E-state index < -0.39 is 11.1 Å². The number of phenolic OH excluding ortho intramolecular Hbond substituents is 1. The van der Waals surface area contributed by atoms with Gasteiger partial charge in [0.1, 0.15) is 11.5 Å². The van der Waals surface area contributed by atoms with Gasteiger partial charge in [-0.1, -0.05) is 0 Å². The summed E-state index contributed by atoms with van der Waals surface area (Å²) in [4.78, 5) is 22.5. The lowest BCUT2D eigenvalue weighted by Crippen LogP contribution is -2.17.